The fraction of sp³-hybridized carbons (Fsp3) is 0.909. The molecule has 2 aliphatic rings. The van der Waals surface area contributed by atoms with Crippen molar-refractivity contribution in [3.8, 4) is 5.97 Å². The Morgan fingerprint density at radius 2 is 2.00 bits per heavy atom. The summed E-state index contributed by atoms with van der Waals surface area (Å²) in [6.45, 7) is 2.79. The van der Waals surface area contributed by atoms with Crippen LogP contribution in [0.4, 0.5) is 0 Å². The van der Waals surface area contributed by atoms with Gasteiger partial charge in [-0.2, -0.15) is 0 Å². The van der Waals surface area contributed by atoms with Crippen LogP contribution >= 0.6 is 0 Å². The Hall–Kier alpha value is -0.485. The lowest BCUT2D eigenvalue weighted by Gasteiger charge is -2.25. The van der Waals surface area contributed by atoms with Crippen molar-refractivity contribution in [2.24, 2.45) is 11.8 Å². The summed E-state index contributed by atoms with van der Waals surface area (Å²) in [6.07, 6.45) is 7.75. The van der Waals surface area contributed by atoms with Crippen molar-refractivity contribution in [1.29, 1.82) is 5.26 Å². The van der Waals surface area contributed by atoms with E-state index >= 15 is 0 Å². The second kappa shape index (κ2) is 4.84. The highest BCUT2D eigenvalue weighted by atomic mass is 14.9. The van der Waals surface area contributed by atoms with Gasteiger partial charge in [-0.3, -0.25) is 0 Å². The van der Waals surface area contributed by atoms with Crippen LogP contribution in [-0.4, -0.2) is 19.8 Å². The fourth-order valence-electron chi connectivity index (χ4n) is 3.00. The van der Waals surface area contributed by atoms with Gasteiger partial charge in [-0.05, 0) is 44.2 Å². The van der Waals surface area contributed by atoms with Crippen molar-refractivity contribution in [1.82, 2.24) is 5.32 Å². The first-order valence-corrected chi connectivity index (χ1v) is 5.99. The van der Waals surface area contributed by atoms with E-state index in [1.54, 1.807) is 0 Å². The second-order valence-electron chi connectivity index (χ2n) is 4.93. The second-order valence-corrected chi connectivity index (χ2v) is 4.93. The molecule has 2 fully saturated rings. The minimum Gasteiger partial charge on any atom is -0.317 e. The molecular weight excluding hydrogens is 171 g/mol. The standard InChI is InChI=1S/C11H19BN2/c13-9-12-4-1-11(8-12)7-10-2-5-14-6-3-10/h10-11,14H,1-8H2. The van der Waals surface area contributed by atoms with E-state index in [-0.39, 0.29) is 0 Å². The molecule has 1 atom stereocenters. The van der Waals surface area contributed by atoms with Gasteiger partial charge in [0.05, 0.1) is 0 Å². The number of nitrogens with one attached hydrogen (secondary N) is 1. The molecule has 1 unspecified atom stereocenters. The van der Waals surface area contributed by atoms with E-state index in [2.05, 4.69) is 11.3 Å². The van der Waals surface area contributed by atoms with E-state index < -0.39 is 0 Å². The smallest absolute Gasteiger partial charge is 0.268 e. The van der Waals surface area contributed by atoms with Gasteiger partial charge in [0.25, 0.3) is 6.71 Å². The van der Waals surface area contributed by atoms with Gasteiger partial charge in [0, 0.05) is 5.97 Å². The van der Waals surface area contributed by atoms with E-state index in [9.17, 15) is 0 Å². The summed E-state index contributed by atoms with van der Waals surface area (Å²) in [4.78, 5) is 0. The van der Waals surface area contributed by atoms with E-state index in [0.717, 1.165) is 18.2 Å². The predicted molar refractivity (Wildman–Crippen MR) is 59.3 cm³/mol. The van der Waals surface area contributed by atoms with Crippen LogP contribution in [0.3, 0.4) is 0 Å². The molecule has 0 aromatic heterocycles. The number of nitrogens with zero attached hydrogens (tertiary/aromatic N) is 1. The zero-order chi connectivity index (χ0) is 9.80. The Labute approximate surface area is 87.1 Å². The van der Waals surface area contributed by atoms with Crippen LogP contribution < -0.4 is 5.32 Å². The van der Waals surface area contributed by atoms with Gasteiger partial charge in [0.2, 0.25) is 0 Å². The molecule has 14 heavy (non-hydrogen) atoms. The average Bonchev–Trinajstić information content (AvgIpc) is 2.67. The monoisotopic (exact) mass is 190 g/mol. The maximum Gasteiger partial charge on any atom is 0.268 e. The lowest BCUT2D eigenvalue weighted by Crippen LogP contribution is -2.28. The van der Waals surface area contributed by atoms with Crippen molar-refractivity contribution in [2.75, 3.05) is 13.1 Å². The summed E-state index contributed by atoms with van der Waals surface area (Å²) in [6, 6.07) is 0. The van der Waals surface area contributed by atoms with Crippen LogP contribution in [0.1, 0.15) is 25.7 Å². The average molecular weight is 190 g/mol. The minimum atomic E-state index is 0.377. The summed E-state index contributed by atoms with van der Waals surface area (Å²) in [5.41, 5.74) is 0. The molecule has 3 heteroatoms. The molecule has 2 heterocycles. The van der Waals surface area contributed by atoms with Crippen LogP contribution in [-0.2, 0) is 0 Å². The summed E-state index contributed by atoms with van der Waals surface area (Å²) in [7, 11) is 0. The number of hydrogen-bond donors (Lipinski definition) is 1. The molecule has 0 aliphatic carbocycles. The molecule has 0 radical (unpaired) electrons. The van der Waals surface area contributed by atoms with Crippen LogP contribution in [0.15, 0.2) is 0 Å². The molecule has 2 nitrogen and oxygen atoms in total. The summed E-state index contributed by atoms with van der Waals surface area (Å²) in [5, 5.41) is 12.2. The van der Waals surface area contributed by atoms with Gasteiger partial charge < -0.3 is 5.32 Å². The highest BCUT2D eigenvalue weighted by Crippen LogP contribution is 2.33. The topological polar surface area (TPSA) is 35.8 Å². The normalized spacial score (nSPS) is 29.1. The summed E-state index contributed by atoms with van der Waals surface area (Å²) < 4.78 is 0. The molecule has 0 amide bonds. The van der Waals surface area contributed by atoms with Crippen LogP contribution in [0, 0.1) is 23.1 Å². The van der Waals surface area contributed by atoms with Crippen LogP contribution in [0.2, 0.25) is 12.6 Å². The van der Waals surface area contributed by atoms with Crippen molar-refractivity contribution < 1.29 is 0 Å². The lowest BCUT2D eigenvalue weighted by atomic mass is 9.49. The van der Waals surface area contributed by atoms with E-state index in [1.807, 2.05) is 0 Å². The third-order valence-corrected chi connectivity index (χ3v) is 3.85. The van der Waals surface area contributed by atoms with E-state index in [0.29, 0.717) is 6.71 Å². The largest absolute Gasteiger partial charge is 0.317 e. The van der Waals surface area contributed by atoms with Crippen molar-refractivity contribution >= 4 is 6.71 Å². The number of nitriles is 1. The number of piperidine rings is 1. The number of rotatable bonds is 2. The Morgan fingerprint density at radius 1 is 1.21 bits per heavy atom. The lowest BCUT2D eigenvalue weighted by molar-refractivity contribution is 0.309. The molecule has 0 saturated carbocycles. The summed E-state index contributed by atoms with van der Waals surface area (Å²) in [5.74, 6) is 4.23. The minimum absolute atomic E-state index is 0.377. The molecule has 1 N–H and O–H groups in total. The molecule has 0 bridgehead atoms. The van der Waals surface area contributed by atoms with Gasteiger partial charge in [-0.15, -0.1) is 0 Å². The molecular formula is C11H19BN2. The molecule has 76 valence electrons. The molecule has 0 aromatic rings. The van der Waals surface area contributed by atoms with Gasteiger partial charge in [0.15, 0.2) is 0 Å². The maximum atomic E-state index is 8.83. The third-order valence-electron chi connectivity index (χ3n) is 3.85. The van der Waals surface area contributed by atoms with E-state index in [1.165, 1.54) is 45.1 Å². The Balaban J connectivity index is 1.73. The quantitative estimate of drug-likeness (QED) is 0.675. The Morgan fingerprint density at radius 3 is 2.64 bits per heavy atom. The predicted octanol–water partition coefficient (Wildman–Crippen LogP) is 1.95. The first-order chi connectivity index (χ1) is 6.88. The summed E-state index contributed by atoms with van der Waals surface area (Å²) >= 11 is 0. The zero-order valence-electron chi connectivity index (χ0n) is 8.84. The Bertz CT molecular complexity index is 218. The van der Waals surface area contributed by atoms with Gasteiger partial charge in [-0.25, -0.2) is 5.26 Å². The molecule has 0 aromatic carbocycles. The molecule has 2 saturated heterocycles. The van der Waals surface area contributed by atoms with Crippen LogP contribution in [0.5, 0.6) is 0 Å². The first kappa shape index (κ1) is 10.0. The van der Waals surface area contributed by atoms with Gasteiger partial charge in [0.1, 0.15) is 0 Å². The third kappa shape index (κ3) is 2.51. The SMILES string of the molecule is N#CB1CCC(CC2CCNCC2)C1. The molecule has 0 spiro atoms. The Kier molecular flexibility index (Phi) is 3.47. The highest BCUT2D eigenvalue weighted by molar-refractivity contribution is 6.67. The van der Waals surface area contributed by atoms with Crippen molar-refractivity contribution in [2.45, 2.75) is 38.3 Å². The van der Waals surface area contributed by atoms with Crippen LogP contribution in [0.25, 0.3) is 0 Å². The van der Waals surface area contributed by atoms with Gasteiger partial charge in [-0.1, -0.05) is 19.1 Å². The fourth-order valence-corrected chi connectivity index (χ4v) is 3.00. The van der Waals surface area contributed by atoms with Gasteiger partial charge >= 0.3 is 0 Å². The first-order valence-electron chi connectivity index (χ1n) is 5.99. The van der Waals surface area contributed by atoms with Crippen molar-refractivity contribution in [3.05, 3.63) is 0 Å². The maximum absolute atomic E-state index is 8.83. The number of hydrogen-bond acceptors (Lipinski definition) is 2. The molecule has 2 aliphatic heterocycles. The van der Waals surface area contributed by atoms with Crippen molar-refractivity contribution in [3.63, 3.8) is 0 Å². The van der Waals surface area contributed by atoms with E-state index in [4.69, 9.17) is 5.26 Å². The zero-order valence-corrected chi connectivity index (χ0v) is 8.84. The molecule has 2 rings (SSSR count). The highest BCUT2D eigenvalue weighted by Gasteiger charge is 2.29.